The standard InChI is InChI=1S/C19H24N4O2S/c1-12-7-6-8-13(2)23(12)15(24)11-26-19-21-17(20)16(18(25)22-19)14-9-4-3-5-10-14/h3-5,9-10,12-13H,6-8,11H2,1-2H3,(H3,20,21,22,25)/t12-,13+. The summed E-state index contributed by atoms with van der Waals surface area (Å²) in [7, 11) is 0. The van der Waals surface area contributed by atoms with Crippen molar-refractivity contribution < 1.29 is 4.79 Å². The Kier molecular flexibility index (Phi) is 5.66. The average molecular weight is 372 g/mol. The lowest BCUT2D eigenvalue weighted by Crippen LogP contribution is -2.48. The van der Waals surface area contributed by atoms with E-state index in [1.54, 1.807) is 0 Å². The van der Waals surface area contributed by atoms with Gasteiger partial charge in [0.15, 0.2) is 5.16 Å². The second-order valence-electron chi connectivity index (χ2n) is 6.72. The number of nitrogens with one attached hydrogen (secondary N) is 1. The summed E-state index contributed by atoms with van der Waals surface area (Å²) >= 11 is 1.22. The molecule has 7 heteroatoms. The molecule has 1 fully saturated rings. The highest BCUT2D eigenvalue weighted by molar-refractivity contribution is 7.99. The van der Waals surface area contributed by atoms with Gasteiger partial charge < -0.3 is 15.6 Å². The van der Waals surface area contributed by atoms with Crippen LogP contribution < -0.4 is 11.3 Å². The van der Waals surface area contributed by atoms with E-state index in [1.165, 1.54) is 11.8 Å². The van der Waals surface area contributed by atoms with E-state index in [1.807, 2.05) is 35.2 Å². The molecule has 1 aliphatic rings. The van der Waals surface area contributed by atoms with Crippen molar-refractivity contribution in [2.45, 2.75) is 50.4 Å². The van der Waals surface area contributed by atoms with Crippen LogP contribution in [0.5, 0.6) is 0 Å². The number of H-pyrrole nitrogens is 1. The van der Waals surface area contributed by atoms with Gasteiger partial charge in [-0.3, -0.25) is 9.59 Å². The van der Waals surface area contributed by atoms with E-state index in [-0.39, 0.29) is 35.1 Å². The van der Waals surface area contributed by atoms with Gasteiger partial charge in [0.1, 0.15) is 5.82 Å². The molecule has 2 atom stereocenters. The lowest BCUT2D eigenvalue weighted by molar-refractivity contribution is -0.134. The molecule has 26 heavy (non-hydrogen) atoms. The van der Waals surface area contributed by atoms with Gasteiger partial charge in [-0.15, -0.1) is 0 Å². The van der Waals surface area contributed by atoms with Crippen molar-refractivity contribution >= 4 is 23.5 Å². The van der Waals surface area contributed by atoms with Crippen LogP contribution in [0.2, 0.25) is 0 Å². The minimum Gasteiger partial charge on any atom is -0.383 e. The van der Waals surface area contributed by atoms with Crippen LogP contribution in [0.15, 0.2) is 40.3 Å². The zero-order chi connectivity index (χ0) is 18.7. The summed E-state index contributed by atoms with van der Waals surface area (Å²) in [5.74, 6) is 0.486. The third kappa shape index (κ3) is 3.93. The lowest BCUT2D eigenvalue weighted by Gasteiger charge is -2.39. The molecule has 138 valence electrons. The van der Waals surface area contributed by atoms with E-state index >= 15 is 0 Å². The maximum atomic E-state index is 12.6. The number of nitrogens with two attached hydrogens (primary N) is 1. The molecule has 2 aromatic rings. The van der Waals surface area contributed by atoms with Crippen molar-refractivity contribution in [3.63, 3.8) is 0 Å². The summed E-state index contributed by atoms with van der Waals surface area (Å²) in [4.78, 5) is 34.0. The Bertz CT molecular complexity index is 827. The van der Waals surface area contributed by atoms with Crippen LogP contribution in [-0.4, -0.2) is 38.6 Å². The van der Waals surface area contributed by atoms with E-state index in [4.69, 9.17) is 5.73 Å². The highest BCUT2D eigenvalue weighted by Crippen LogP contribution is 2.25. The summed E-state index contributed by atoms with van der Waals surface area (Å²) in [6.45, 7) is 4.18. The number of carbonyl (C=O) groups is 1. The number of carbonyl (C=O) groups excluding carboxylic acids is 1. The number of aromatic nitrogens is 2. The SMILES string of the molecule is C[C@@H]1CCC[C@H](C)N1C(=O)CSc1nc(N)c(-c2ccccc2)c(=O)[nH]1. The largest absolute Gasteiger partial charge is 0.383 e. The molecule has 6 nitrogen and oxygen atoms in total. The smallest absolute Gasteiger partial charge is 0.261 e. The number of benzene rings is 1. The number of nitrogen functional groups attached to an aromatic ring is 1. The molecule has 0 spiro atoms. The quantitative estimate of drug-likeness (QED) is 0.636. The molecule has 1 aliphatic heterocycles. The highest BCUT2D eigenvalue weighted by Gasteiger charge is 2.28. The Hall–Kier alpha value is -2.28. The van der Waals surface area contributed by atoms with Gasteiger partial charge in [-0.1, -0.05) is 42.1 Å². The average Bonchev–Trinajstić information content (AvgIpc) is 2.60. The molecule has 0 aliphatic carbocycles. The van der Waals surface area contributed by atoms with E-state index < -0.39 is 0 Å². The molecular weight excluding hydrogens is 348 g/mol. The molecule has 2 heterocycles. The minimum absolute atomic E-state index is 0.0723. The van der Waals surface area contributed by atoms with Gasteiger partial charge >= 0.3 is 0 Å². The summed E-state index contributed by atoms with van der Waals surface area (Å²) in [5.41, 5.74) is 6.80. The number of hydrogen-bond acceptors (Lipinski definition) is 5. The zero-order valence-electron chi connectivity index (χ0n) is 15.1. The number of hydrogen-bond donors (Lipinski definition) is 2. The normalized spacial score (nSPS) is 20.2. The van der Waals surface area contributed by atoms with Crippen molar-refractivity contribution in [1.29, 1.82) is 0 Å². The second kappa shape index (κ2) is 7.95. The van der Waals surface area contributed by atoms with Crippen molar-refractivity contribution in [1.82, 2.24) is 14.9 Å². The minimum atomic E-state index is -0.293. The molecule has 0 radical (unpaired) electrons. The number of thioether (sulfide) groups is 1. The number of rotatable bonds is 4. The fourth-order valence-electron chi connectivity index (χ4n) is 3.54. The van der Waals surface area contributed by atoms with Gasteiger partial charge in [0, 0.05) is 12.1 Å². The summed E-state index contributed by atoms with van der Waals surface area (Å²) in [5, 5.41) is 0.373. The van der Waals surface area contributed by atoms with Crippen LogP contribution in [0.1, 0.15) is 33.1 Å². The van der Waals surface area contributed by atoms with Gasteiger partial charge in [0.25, 0.3) is 5.56 Å². The highest BCUT2D eigenvalue weighted by atomic mass is 32.2. The van der Waals surface area contributed by atoms with Gasteiger partial charge in [-0.05, 0) is 38.7 Å². The fraction of sp³-hybridized carbons (Fsp3) is 0.421. The number of likely N-dealkylation sites (tertiary alicyclic amines) is 1. The van der Waals surface area contributed by atoms with Gasteiger partial charge in [-0.25, -0.2) is 4.98 Å². The van der Waals surface area contributed by atoms with E-state index in [0.29, 0.717) is 10.7 Å². The Morgan fingerprint density at radius 3 is 2.54 bits per heavy atom. The third-order valence-electron chi connectivity index (χ3n) is 4.80. The molecule has 1 amide bonds. The van der Waals surface area contributed by atoms with Crippen LogP contribution >= 0.6 is 11.8 Å². The number of anilines is 1. The van der Waals surface area contributed by atoms with E-state index in [9.17, 15) is 9.59 Å². The van der Waals surface area contributed by atoms with Crippen LogP contribution in [0.3, 0.4) is 0 Å². The molecule has 3 rings (SSSR count). The lowest BCUT2D eigenvalue weighted by atomic mass is 9.98. The maximum absolute atomic E-state index is 12.6. The second-order valence-corrected chi connectivity index (χ2v) is 7.68. The van der Waals surface area contributed by atoms with E-state index in [0.717, 1.165) is 24.8 Å². The van der Waals surface area contributed by atoms with Crippen LogP contribution in [-0.2, 0) is 4.79 Å². The van der Waals surface area contributed by atoms with Gasteiger partial charge in [0.05, 0.1) is 11.3 Å². The molecule has 1 saturated heterocycles. The first-order valence-electron chi connectivity index (χ1n) is 8.86. The van der Waals surface area contributed by atoms with Crippen molar-refractivity contribution in [3.8, 4) is 11.1 Å². The molecule has 0 bridgehead atoms. The molecule has 3 N–H and O–H groups in total. The predicted molar refractivity (Wildman–Crippen MR) is 105 cm³/mol. The monoisotopic (exact) mass is 372 g/mol. The third-order valence-corrected chi connectivity index (χ3v) is 5.66. The Labute approximate surface area is 157 Å². The molecule has 0 saturated carbocycles. The fourth-order valence-corrected chi connectivity index (χ4v) is 4.28. The first kappa shape index (κ1) is 18.5. The van der Waals surface area contributed by atoms with E-state index in [2.05, 4.69) is 23.8 Å². The first-order chi connectivity index (χ1) is 12.5. The van der Waals surface area contributed by atoms with Crippen molar-refractivity contribution in [3.05, 3.63) is 40.7 Å². The molecule has 1 aromatic carbocycles. The van der Waals surface area contributed by atoms with Gasteiger partial charge in [0.2, 0.25) is 5.91 Å². The topological polar surface area (TPSA) is 92.1 Å². The Morgan fingerprint density at radius 2 is 1.92 bits per heavy atom. The number of piperidine rings is 1. The van der Waals surface area contributed by atoms with Crippen molar-refractivity contribution in [2.24, 2.45) is 0 Å². The number of nitrogens with zero attached hydrogens (tertiary/aromatic N) is 2. The molecule has 1 aromatic heterocycles. The summed E-state index contributed by atoms with van der Waals surface area (Å²) in [6, 6.07) is 9.71. The first-order valence-corrected chi connectivity index (χ1v) is 9.85. The molecular formula is C19H24N4O2S. The maximum Gasteiger partial charge on any atom is 0.261 e. The van der Waals surface area contributed by atoms with Crippen LogP contribution in [0.4, 0.5) is 5.82 Å². The summed E-state index contributed by atoms with van der Waals surface area (Å²) in [6.07, 6.45) is 3.23. The Morgan fingerprint density at radius 1 is 1.27 bits per heavy atom. The Balaban J connectivity index is 1.73. The summed E-state index contributed by atoms with van der Waals surface area (Å²) < 4.78 is 0. The van der Waals surface area contributed by atoms with Gasteiger partial charge in [-0.2, -0.15) is 0 Å². The molecule has 0 unspecified atom stereocenters. The zero-order valence-corrected chi connectivity index (χ0v) is 15.9. The number of amides is 1. The van der Waals surface area contributed by atoms with Crippen LogP contribution in [0, 0.1) is 0 Å². The predicted octanol–water partition coefficient (Wildman–Crippen LogP) is 2.90. The van der Waals surface area contributed by atoms with Crippen molar-refractivity contribution in [2.75, 3.05) is 11.5 Å². The number of aromatic amines is 1. The van der Waals surface area contributed by atoms with Crippen LogP contribution in [0.25, 0.3) is 11.1 Å².